The minimum Gasteiger partial charge on any atom is -0.353 e. The molecule has 2 heterocycles. The van der Waals surface area contributed by atoms with Gasteiger partial charge in [-0.1, -0.05) is 12.8 Å². The third kappa shape index (κ3) is 3.78. The molecule has 1 aliphatic carbocycles. The molecule has 7 heteroatoms. The van der Waals surface area contributed by atoms with Crippen molar-refractivity contribution >= 4 is 11.8 Å². The molecule has 0 spiro atoms. The summed E-state index contributed by atoms with van der Waals surface area (Å²) in [5.74, 6) is 0.135. The van der Waals surface area contributed by atoms with Crippen molar-refractivity contribution < 1.29 is 9.59 Å². The number of nitrogens with zero attached hydrogens (tertiary/aromatic N) is 2. The fraction of sp³-hybridized carbons (Fsp3) is 0.625. The summed E-state index contributed by atoms with van der Waals surface area (Å²) < 4.78 is 1.51. The molecule has 1 saturated heterocycles. The smallest absolute Gasteiger partial charge is 0.253 e. The number of aromatic nitrogens is 2. The van der Waals surface area contributed by atoms with Gasteiger partial charge in [0, 0.05) is 31.5 Å². The first-order chi connectivity index (χ1) is 11.1. The molecule has 1 saturated carbocycles. The average Bonchev–Trinajstić information content (AvgIpc) is 3.20. The largest absolute Gasteiger partial charge is 0.353 e. The minimum atomic E-state index is -0.443. The molecule has 1 atom stereocenters. The highest BCUT2D eigenvalue weighted by Crippen LogP contribution is 2.32. The number of hydrogen-bond donors (Lipinski definition) is 2. The summed E-state index contributed by atoms with van der Waals surface area (Å²) in [6.07, 6.45) is 7.13. The monoisotopic (exact) mass is 318 g/mol. The molecular formula is C16H22N4O3. The zero-order valence-corrected chi connectivity index (χ0v) is 13.1. The van der Waals surface area contributed by atoms with Crippen LogP contribution in [0.1, 0.15) is 50.1 Å². The first-order valence-corrected chi connectivity index (χ1v) is 8.27. The van der Waals surface area contributed by atoms with Crippen LogP contribution in [0.3, 0.4) is 0 Å². The molecule has 2 fully saturated rings. The van der Waals surface area contributed by atoms with Crippen molar-refractivity contribution in [3.05, 3.63) is 28.4 Å². The number of carbonyl (C=O) groups excluding carboxylic acids is 2. The van der Waals surface area contributed by atoms with Gasteiger partial charge in [0.25, 0.3) is 5.56 Å². The maximum absolute atomic E-state index is 12.1. The van der Waals surface area contributed by atoms with Gasteiger partial charge in [0.1, 0.15) is 6.04 Å². The Morgan fingerprint density at radius 3 is 2.74 bits per heavy atom. The van der Waals surface area contributed by atoms with E-state index in [1.807, 2.05) is 0 Å². The molecular weight excluding hydrogens is 296 g/mol. The van der Waals surface area contributed by atoms with Crippen molar-refractivity contribution in [2.45, 2.75) is 57.0 Å². The van der Waals surface area contributed by atoms with Crippen molar-refractivity contribution in [1.82, 2.24) is 20.2 Å². The van der Waals surface area contributed by atoms with Crippen LogP contribution in [-0.4, -0.2) is 34.0 Å². The summed E-state index contributed by atoms with van der Waals surface area (Å²) in [5.41, 5.74) is 0.812. The number of hydrogen-bond acceptors (Lipinski definition) is 4. The molecule has 1 aromatic rings. The number of amides is 2. The van der Waals surface area contributed by atoms with Crippen LogP contribution >= 0.6 is 0 Å². The molecule has 2 aliphatic rings. The van der Waals surface area contributed by atoms with Crippen molar-refractivity contribution in [2.75, 3.05) is 6.54 Å². The Balaban J connectivity index is 1.51. The lowest BCUT2D eigenvalue weighted by Crippen LogP contribution is -2.43. The first kappa shape index (κ1) is 15.7. The van der Waals surface area contributed by atoms with E-state index in [-0.39, 0.29) is 17.4 Å². The van der Waals surface area contributed by atoms with Gasteiger partial charge < -0.3 is 10.6 Å². The van der Waals surface area contributed by atoms with Crippen LogP contribution in [0.15, 0.2) is 17.2 Å². The Morgan fingerprint density at radius 1 is 1.30 bits per heavy atom. The Labute approximate surface area is 134 Å². The quantitative estimate of drug-likeness (QED) is 0.816. The normalized spacial score (nSPS) is 21.4. The van der Waals surface area contributed by atoms with Crippen molar-refractivity contribution in [2.24, 2.45) is 0 Å². The number of nitrogens with one attached hydrogen (secondary N) is 2. The summed E-state index contributed by atoms with van der Waals surface area (Å²) in [6.45, 7) is 0.721. The molecule has 1 aromatic heterocycles. The maximum atomic E-state index is 12.1. The van der Waals surface area contributed by atoms with Gasteiger partial charge in [-0.15, -0.1) is 0 Å². The van der Waals surface area contributed by atoms with E-state index in [9.17, 15) is 14.4 Å². The summed E-state index contributed by atoms with van der Waals surface area (Å²) in [6, 6.07) is 1.18. The van der Waals surface area contributed by atoms with E-state index in [1.165, 1.54) is 17.4 Å². The standard InChI is InChI=1S/C16H22N4O3/c21-14-6-5-12(19-14)16(23)17-7-8-20-10-18-13(9-15(20)22)11-3-1-2-4-11/h9-12H,1-8H2,(H,17,23)(H,19,21). The molecule has 1 aliphatic heterocycles. The first-order valence-electron chi connectivity index (χ1n) is 8.27. The maximum Gasteiger partial charge on any atom is 0.253 e. The van der Waals surface area contributed by atoms with Gasteiger partial charge in [0.2, 0.25) is 11.8 Å². The van der Waals surface area contributed by atoms with E-state index >= 15 is 0 Å². The van der Waals surface area contributed by atoms with Crippen LogP contribution in [0.25, 0.3) is 0 Å². The SMILES string of the molecule is O=C1CCC(C(=O)NCCn2cnc(C3CCCC3)cc2=O)N1. The van der Waals surface area contributed by atoms with E-state index < -0.39 is 6.04 Å². The molecule has 0 aromatic carbocycles. The molecule has 0 radical (unpaired) electrons. The van der Waals surface area contributed by atoms with Gasteiger partial charge in [0.05, 0.1) is 12.0 Å². The van der Waals surface area contributed by atoms with Crippen LogP contribution in [-0.2, 0) is 16.1 Å². The molecule has 3 rings (SSSR count). The van der Waals surface area contributed by atoms with E-state index in [4.69, 9.17) is 0 Å². The number of rotatable bonds is 5. The predicted molar refractivity (Wildman–Crippen MR) is 83.9 cm³/mol. The highest BCUT2D eigenvalue weighted by molar-refractivity contribution is 5.90. The second kappa shape index (κ2) is 6.93. The number of carbonyl (C=O) groups is 2. The molecule has 124 valence electrons. The average molecular weight is 318 g/mol. The zero-order chi connectivity index (χ0) is 16.2. The second-order valence-electron chi connectivity index (χ2n) is 6.28. The zero-order valence-electron chi connectivity index (χ0n) is 13.1. The Kier molecular flexibility index (Phi) is 4.73. The fourth-order valence-corrected chi connectivity index (χ4v) is 3.29. The van der Waals surface area contributed by atoms with Crippen LogP contribution in [0.4, 0.5) is 0 Å². The van der Waals surface area contributed by atoms with Gasteiger partial charge in [-0.05, 0) is 19.3 Å². The Morgan fingerprint density at radius 2 is 2.09 bits per heavy atom. The molecule has 2 amide bonds. The van der Waals surface area contributed by atoms with Crippen molar-refractivity contribution in [3.8, 4) is 0 Å². The second-order valence-corrected chi connectivity index (χ2v) is 6.28. The van der Waals surface area contributed by atoms with E-state index in [0.29, 0.717) is 31.8 Å². The topological polar surface area (TPSA) is 93.1 Å². The van der Waals surface area contributed by atoms with E-state index in [0.717, 1.165) is 18.5 Å². The highest BCUT2D eigenvalue weighted by Gasteiger charge is 2.26. The van der Waals surface area contributed by atoms with E-state index in [1.54, 1.807) is 12.4 Å². The fourth-order valence-electron chi connectivity index (χ4n) is 3.29. The lowest BCUT2D eigenvalue weighted by Gasteiger charge is -2.12. The summed E-state index contributed by atoms with van der Waals surface area (Å²) >= 11 is 0. The molecule has 0 bridgehead atoms. The van der Waals surface area contributed by atoms with Gasteiger partial charge in [-0.2, -0.15) is 0 Å². The van der Waals surface area contributed by atoms with Crippen molar-refractivity contribution in [1.29, 1.82) is 0 Å². The summed E-state index contributed by atoms with van der Waals surface area (Å²) in [5, 5.41) is 5.37. The van der Waals surface area contributed by atoms with E-state index in [2.05, 4.69) is 15.6 Å². The molecule has 23 heavy (non-hydrogen) atoms. The summed E-state index contributed by atoms with van der Waals surface area (Å²) in [7, 11) is 0. The van der Waals surface area contributed by atoms with Crippen LogP contribution in [0, 0.1) is 0 Å². The predicted octanol–water partition coefficient (Wildman–Crippen LogP) is 0.296. The third-order valence-electron chi connectivity index (χ3n) is 4.64. The Hall–Kier alpha value is -2.18. The Bertz CT molecular complexity index is 649. The van der Waals surface area contributed by atoms with Crippen LogP contribution in [0.5, 0.6) is 0 Å². The van der Waals surface area contributed by atoms with Gasteiger partial charge in [0.15, 0.2) is 0 Å². The van der Waals surface area contributed by atoms with Gasteiger partial charge >= 0.3 is 0 Å². The summed E-state index contributed by atoms with van der Waals surface area (Å²) in [4.78, 5) is 39.5. The molecule has 7 nitrogen and oxygen atoms in total. The molecule has 1 unspecified atom stereocenters. The van der Waals surface area contributed by atoms with Crippen LogP contribution in [0.2, 0.25) is 0 Å². The third-order valence-corrected chi connectivity index (χ3v) is 4.64. The van der Waals surface area contributed by atoms with Gasteiger partial charge in [-0.25, -0.2) is 4.98 Å². The van der Waals surface area contributed by atoms with Gasteiger partial charge in [-0.3, -0.25) is 19.0 Å². The van der Waals surface area contributed by atoms with Crippen LogP contribution < -0.4 is 16.2 Å². The minimum absolute atomic E-state index is 0.0784. The lowest BCUT2D eigenvalue weighted by molar-refractivity contribution is -0.125. The highest BCUT2D eigenvalue weighted by atomic mass is 16.2. The lowest BCUT2D eigenvalue weighted by atomic mass is 10.0. The molecule has 2 N–H and O–H groups in total. The van der Waals surface area contributed by atoms with Crippen molar-refractivity contribution in [3.63, 3.8) is 0 Å².